The van der Waals surface area contributed by atoms with Crippen LogP contribution >= 0.6 is 0 Å². The Morgan fingerprint density at radius 2 is 2.07 bits per heavy atom. The first-order valence-corrected chi connectivity index (χ1v) is 9.94. The molecule has 2 saturated carbocycles. The number of hydrogen-bond acceptors (Lipinski definition) is 4. The summed E-state index contributed by atoms with van der Waals surface area (Å²) in [7, 11) is 0. The molecule has 2 aliphatic rings. The molecule has 0 amide bonds. The molecule has 0 spiro atoms. The summed E-state index contributed by atoms with van der Waals surface area (Å²) < 4.78 is 10.8. The minimum atomic E-state index is -1.13. The van der Waals surface area contributed by atoms with Crippen LogP contribution in [0.4, 0.5) is 0 Å². The number of rotatable bonds is 7. The van der Waals surface area contributed by atoms with Crippen LogP contribution in [0.5, 0.6) is 0 Å². The van der Waals surface area contributed by atoms with E-state index in [1.165, 1.54) is 25.7 Å². The predicted octanol–water partition coefficient (Wildman–Crippen LogP) is 3.05. The molecule has 6 nitrogen and oxygen atoms in total. The molecule has 27 heavy (non-hydrogen) atoms. The van der Waals surface area contributed by atoms with Crippen LogP contribution in [0, 0.1) is 11.8 Å². The van der Waals surface area contributed by atoms with Crippen LogP contribution in [-0.2, 0) is 12.0 Å². The number of aliphatic hydroxyl groups is 1. The van der Waals surface area contributed by atoms with Gasteiger partial charge in [0.1, 0.15) is 17.1 Å². The van der Waals surface area contributed by atoms with Gasteiger partial charge in [-0.25, -0.2) is 4.99 Å². The van der Waals surface area contributed by atoms with Crippen molar-refractivity contribution in [2.45, 2.75) is 50.7 Å². The quantitative estimate of drug-likeness (QED) is 0.515. The first-order chi connectivity index (χ1) is 13.1. The molecule has 2 aromatic heterocycles. The topological polar surface area (TPSA) is 82.9 Å². The van der Waals surface area contributed by atoms with E-state index in [4.69, 9.17) is 8.83 Å². The van der Waals surface area contributed by atoms with E-state index in [0.29, 0.717) is 11.8 Å². The summed E-state index contributed by atoms with van der Waals surface area (Å²) in [6.07, 6.45) is 9.29. The molecule has 2 bridgehead atoms. The molecule has 4 atom stereocenters. The van der Waals surface area contributed by atoms with Crippen molar-refractivity contribution in [3.63, 3.8) is 0 Å². The largest absolute Gasteiger partial charge is 0.469 e. The fourth-order valence-corrected chi connectivity index (χ4v) is 4.40. The van der Waals surface area contributed by atoms with E-state index in [-0.39, 0.29) is 6.54 Å². The molecule has 2 aromatic rings. The Hall–Kier alpha value is -2.21. The summed E-state index contributed by atoms with van der Waals surface area (Å²) in [5.41, 5.74) is -1.13. The molecular formula is C21H29N3O3. The summed E-state index contributed by atoms with van der Waals surface area (Å²) in [4.78, 5) is 4.67. The molecule has 6 heteroatoms. The Balaban J connectivity index is 1.39. The molecule has 2 heterocycles. The molecule has 2 fully saturated rings. The third-order valence-electron chi connectivity index (χ3n) is 5.90. The van der Waals surface area contributed by atoms with Crippen molar-refractivity contribution in [2.75, 3.05) is 13.1 Å². The lowest BCUT2D eigenvalue weighted by molar-refractivity contribution is 0.0436. The molecular weight excluding hydrogens is 342 g/mol. The highest BCUT2D eigenvalue weighted by molar-refractivity contribution is 5.80. The minimum Gasteiger partial charge on any atom is -0.469 e. The van der Waals surface area contributed by atoms with E-state index < -0.39 is 5.60 Å². The van der Waals surface area contributed by atoms with Crippen molar-refractivity contribution < 1.29 is 13.9 Å². The number of nitrogens with zero attached hydrogens (tertiary/aromatic N) is 1. The fourth-order valence-electron chi connectivity index (χ4n) is 4.40. The van der Waals surface area contributed by atoms with Crippen LogP contribution in [0.2, 0.25) is 0 Å². The lowest BCUT2D eigenvalue weighted by atomic mass is 9.95. The number of fused-ring (bicyclic) bond motifs is 2. The Morgan fingerprint density at radius 3 is 2.74 bits per heavy atom. The van der Waals surface area contributed by atoms with Crippen molar-refractivity contribution in [2.24, 2.45) is 16.8 Å². The molecule has 2 aliphatic carbocycles. The number of furan rings is 2. The van der Waals surface area contributed by atoms with Crippen LogP contribution in [0.15, 0.2) is 50.6 Å². The van der Waals surface area contributed by atoms with Gasteiger partial charge in [0.05, 0.1) is 19.1 Å². The highest BCUT2D eigenvalue weighted by atomic mass is 16.4. The second kappa shape index (κ2) is 7.80. The van der Waals surface area contributed by atoms with Gasteiger partial charge >= 0.3 is 0 Å². The highest BCUT2D eigenvalue weighted by Crippen LogP contribution is 2.44. The smallest absolute Gasteiger partial charge is 0.191 e. The van der Waals surface area contributed by atoms with E-state index in [1.54, 1.807) is 31.6 Å². The molecule has 0 aliphatic heterocycles. The predicted molar refractivity (Wildman–Crippen MR) is 103 cm³/mol. The number of nitrogens with one attached hydrogen (secondary N) is 2. The van der Waals surface area contributed by atoms with Crippen molar-refractivity contribution >= 4 is 5.96 Å². The van der Waals surface area contributed by atoms with E-state index in [1.807, 2.05) is 12.1 Å². The average Bonchev–Trinajstić information content (AvgIpc) is 3.45. The van der Waals surface area contributed by atoms with Crippen LogP contribution in [0.25, 0.3) is 0 Å². The van der Waals surface area contributed by atoms with Gasteiger partial charge < -0.3 is 24.6 Å². The molecule has 3 N–H and O–H groups in total. The van der Waals surface area contributed by atoms with Gasteiger partial charge in [-0.05, 0) is 62.3 Å². The van der Waals surface area contributed by atoms with E-state index in [9.17, 15) is 5.11 Å². The summed E-state index contributed by atoms with van der Waals surface area (Å²) in [6, 6.07) is 7.92. The first-order valence-electron chi connectivity index (χ1n) is 9.94. The standard InChI is InChI=1S/C21H29N3O3/c1-21(25,19-5-3-11-27-19)14-23-20(22-9-8-17-4-2-10-26-17)24-18-13-15-6-7-16(18)12-15/h2-5,10-11,15-16,18,25H,6-9,12-14H2,1H3,(H2,22,23,24). The SMILES string of the molecule is CC(O)(CN=C(NCCc1ccco1)NC1CC2CCC1C2)c1ccco1. The maximum Gasteiger partial charge on any atom is 0.191 e. The van der Waals surface area contributed by atoms with Crippen molar-refractivity contribution in [1.82, 2.24) is 10.6 Å². The van der Waals surface area contributed by atoms with Gasteiger partial charge in [0.15, 0.2) is 5.96 Å². The maximum absolute atomic E-state index is 10.7. The molecule has 4 rings (SSSR count). The summed E-state index contributed by atoms with van der Waals surface area (Å²) in [5, 5.41) is 17.7. The van der Waals surface area contributed by atoms with Crippen LogP contribution < -0.4 is 10.6 Å². The molecule has 4 unspecified atom stereocenters. The van der Waals surface area contributed by atoms with Gasteiger partial charge in [-0.15, -0.1) is 0 Å². The van der Waals surface area contributed by atoms with Crippen LogP contribution in [-0.4, -0.2) is 30.2 Å². The van der Waals surface area contributed by atoms with Gasteiger partial charge in [0, 0.05) is 19.0 Å². The number of aliphatic imine (C=N–C) groups is 1. The highest BCUT2D eigenvalue weighted by Gasteiger charge is 2.39. The molecule has 0 radical (unpaired) electrons. The Kier molecular flexibility index (Phi) is 5.25. The fraction of sp³-hybridized carbons (Fsp3) is 0.571. The van der Waals surface area contributed by atoms with E-state index in [2.05, 4.69) is 15.6 Å². The zero-order chi connectivity index (χ0) is 18.7. The first kappa shape index (κ1) is 18.2. The lowest BCUT2D eigenvalue weighted by Gasteiger charge is -2.26. The maximum atomic E-state index is 10.7. The average molecular weight is 371 g/mol. The van der Waals surface area contributed by atoms with Crippen molar-refractivity contribution in [3.8, 4) is 0 Å². The zero-order valence-corrected chi connectivity index (χ0v) is 15.9. The summed E-state index contributed by atoms with van der Waals surface area (Å²) in [6.45, 7) is 2.69. The lowest BCUT2D eigenvalue weighted by Crippen LogP contribution is -2.46. The van der Waals surface area contributed by atoms with Gasteiger partial charge in [-0.3, -0.25) is 0 Å². The molecule has 0 saturated heterocycles. The number of guanidine groups is 1. The third kappa shape index (κ3) is 4.38. The minimum absolute atomic E-state index is 0.234. The molecule has 146 valence electrons. The second-order valence-electron chi connectivity index (χ2n) is 8.10. The Bertz CT molecular complexity index is 737. The zero-order valence-electron chi connectivity index (χ0n) is 15.9. The normalized spacial score (nSPS) is 26.9. The number of hydrogen-bond donors (Lipinski definition) is 3. The van der Waals surface area contributed by atoms with Crippen LogP contribution in [0.3, 0.4) is 0 Å². The van der Waals surface area contributed by atoms with E-state index >= 15 is 0 Å². The summed E-state index contributed by atoms with van der Waals surface area (Å²) in [5.74, 6) is 3.84. The van der Waals surface area contributed by atoms with Crippen LogP contribution in [0.1, 0.15) is 44.1 Å². The van der Waals surface area contributed by atoms with Gasteiger partial charge in [0.2, 0.25) is 0 Å². The monoisotopic (exact) mass is 371 g/mol. The van der Waals surface area contributed by atoms with Gasteiger partial charge in [-0.2, -0.15) is 0 Å². The van der Waals surface area contributed by atoms with Gasteiger partial charge in [-0.1, -0.05) is 6.42 Å². The van der Waals surface area contributed by atoms with Gasteiger partial charge in [0.25, 0.3) is 0 Å². The Morgan fingerprint density at radius 1 is 1.22 bits per heavy atom. The van der Waals surface area contributed by atoms with E-state index in [0.717, 1.165) is 36.5 Å². The van der Waals surface area contributed by atoms with Crippen molar-refractivity contribution in [3.05, 3.63) is 48.3 Å². The second-order valence-corrected chi connectivity index (χ2v) is 8.10. The molecule has 0 aromatic carbocycles. The summed E-state index contributed by atoms with van der Waals surface area (Å²) >= 11 is 0. The van der Waals surface area contributed by atoms with Crippen molar-refractivity contribution in [1.29, 1.82) is 0 Å². The Labute approximate surface area is 160 Å². The third-order valence-corrected chi connectivity index (χ3v) is 5.90.